The number of rotatable bonds is 5. The van der Waals surface area contributed by atoms with Gasteiger partial charge in [0, 0.05) is 22.7 Å². The lowest BCUT2D eigenvalue weighted by molar-refractivity contribution is 0.0874. The largest absolute Gasteiger partial charge is 0.493 e. The van der Waals surface area contributed by atoms with Gasteiger partial charge in [0.15, 0.2) is 22.7 Å². The van der Waals surface area contributed by atoms with Gasteiger partial charge >= 0.3 is 0 Å². The minimum Gasteiger partial charge on any atom is -0.493 e. The van der Waals surface area contributed by atoms with Gasteiger partial charge in [0.2, 0.25) is 0 Å². The van der Waals surface area contributed by atoms with Crippen molar-refractivity contribution in [3.63, 3.8) is 0 Å². The van der Waals surface area contributed by atoms with Crippen LogP contribution in [0.3, 0.4) is 0 Å². The highest BCUT2D eigenvalue weighted by Gasteiger charge is 2.63. The lowest BCUT2D eigenvalue weighted by Crippen LogP contribution is -2.37. The van der Waals surface area contributed by atoms with Crippen molar-refractivity contribution >= 4 is 23.5 Å². The molecule has 2 aliphatic heterocycles. The molecule has 2 aliphatic rings. The van der Waals surface area contributed by atoms with E-state index >= 15 is 0 Å². The molecule has 5 rings (SSSR count). The number of nitriles is 2. The maximum absolute atomic E-state index is 14.2. The second-order valence-corrected chi connectivity index (χ2v) is 9.23. The van der Waals surface area contributed by atoms with E-state index in [0.29, 0.717) is 27.6 Å². The molecule has 0 aromatic heterocycles. The number of nitrogens with zero attached hydrogens (tertiary/aromatic N) is 3. The van der Waals surface area contributed by atoms with E-state index in [4.69, 9.17) is 21.1 Å². The number of benzene rings is 3. The second kappa shape index (κ2) is 9.07. The van der Waals surface area contributed by atoms with E-state index in [-0.39, 0.29) is 5.78 Å². The Balaban J connectivity index is 1.74. The Kier molecular flexibility index (Phi) is 5.92. The molecule has 2 heterocycles. The van der Waals surface area contributed by atoms with Crippen molar-refractivity contribution in [1.82, 2.24) is 4.90 Å². The minimum absolute atomic E-state index is 0.225. The lowest BCUT2D eigenvalue weighted by Gasteiger charge is -2.34. The number of ether oxygens (including phenoxy) is 2. The van der Waals surface area contributed by atoms with Gasteiger partial charge in [-0.2, -0.15) is 10.5 Å². The number of hydrogen-bond acceptors (Lipinski definition) is 6. The van der Waals surface area contributed by atoms with E-state index in [1.165, 1.54) is 14.2 Å². The highest BCUT2D eigenvalue weighted by Crippen LogP contribution is 2.60. The molecule has 3 aromatic carbocycles. The average molecular weight is 496 g/mol. The van der Waals surface area contributed by atoms with Crippen LogP contribution >= 0.6 is 11.6 Å². The molecule has 0 spiro atoms. The SMILES string of the molecule is COc1ccc(C(=O)[C@@H]2[C@H](c3ccc(Cl)cc3)C(C#N)(C#N)[C@@H]3c4ccccc4C=CN23)cc1OC. The summed E-state index contributed by atoms with van der Waals surface area (Å²) in [6.07, 6.45) is 3.75. The molecule has 1 saturated heterocycles. The Hall–Kier alpha value is -4.26. The summed E-state index contributed by atoms with van der Waals surface area (Å²) in [4.78, 5) is 16.1. The van der Waals surface area contributed by atoms with Crippen molar-refractivity contribution < 1.29 is 14.3 Å². The van der Waals surface area contributed by atoms with Crippen LogP contribution in [0.2, 0.25) is 5.02 Å². The summed E-state index contributed by atoms with van der Waals surface area (Å²) < 4.78 is 10.8. The summed E-state index contributed by atoms with van der Waals surface area (Å²) in [7, 11) is 3.04. The van der Waals surface area contributed by atoms with Crippen molar-refractivity contribution in [3.8, 4) is 23.6 Å². The van der Waals surface area contributed by atoms with Gasteiger partial charge in [0.05, 0.1) is 32.4 Å². The van der Waals surface area contributed by atoms with Crippen LogP contribution in [0.4, 0.5) is 0 Å². The van der Waals surface area contributed by atoms with Crippen LogP contribution in [0.25, 0.3) is 6.08 Å². The van der Waals surface area contributed by atoms with Gasteiger partial charge < -0.3 is 14.4 Å². The number of fused-ring (bicyclic) bond motifs is 3. The number of hydrogen-bond donors (Lipinski definition) is 0. The quantitative estimate of drug-likeness (QED) is 0.418. The molecule has 0 saturated carbocycles. The third kappa shape index (κ3) is 3.42. The van der Waals surface area contributed by atoms with Crippen molar-refractivity contribution in [3.05, 3.63) is 100 Å². The van der Waals surface area contributed by atoms with E-state index in [2.05, 4.69) is 12.1 Å². The van der Waals surface area contributed by atoms with Gasteiger partial charge in [-0.25, -0.2) is 0 Å². The first-order valence-electron chi connectivity index (χ1n) is 11.4. The maximum Gasteiger partial charge on any atom is 0.186 e. The Morgan fingerprint density at radius 2 is 1.67 bits per heavy atom. The molecule has 0 aliphatic carbocycles. The van der Waals surface area contributed by atoms with Gasteiger partial charge in [0.25, 0.3) is 0 Å². The van der Waals surface area contributed by atoms with Crippen LogP contribution < -0.4 is 9.47 Å². The summed E-state index contributed by atoms with van der Waals surface area (Å²) in [6, 6.07) is 22.9. The smallest absolute Gasteiger partial charge is 0.186 e. The molecule has 0 N–H and O–H groups in total. The Morgan fingerprint density at radius 3 is 2.33 bits per heavy atom. The van der Waals surface area contributed by atoms with Gasteiger partial charge in [-0.1, -0.05) is 48.0 Å². The van der Waals surface area contributed by atoms with Crippen molar-refractivity contribution in [2.24, 2.45) is 5.41 Å². The van der Waals surface area contributed by atoms with Gasteiger partial charge in [-0.3, -0.25) is 4.79 Å². The second-order valence-electron chi connectivity index (χ2n) is 8.80. The molecule has 6 nitrogen and oxygen atoms in total. The molecule has 1 fully saturated rings. The number of carbonyl (C=O) groups excluding carboxylic acids is 1. The molecule has 7 heteroatoms. The zero-order chi connectivity index (χ0) is 25.4. The van der Waals surface area contributed by atoms with Gasteiger partial charge in [-0.05, 0) is 53.1 Å². The summed E-state index contributed by atoms with van der Waals surface area (Å²) in [5.41, 5.74) is 1.31. The van der Waals surface area contributed by atoms with E-state index < -0.39 is 23.4 Å². The van der Waals surface area contributed by atoms with Crippen LogP contribution in [-0.4, -0.2) is 30.9 Å². The zero-order valence-electron chi connectivity index (χ0n) is 19.7. The molecule has 0 radical (unpaired) electrons. The highest BCUT2D eigenvalue weighted by molar-refractivity contribution is 6.30. The first-order chi connectivity index (χ1) is 17.5. The summed E-state index contributed by atoms with van der Waals surface area (Å²) >= 11 is 6.16. The van der Waals surface area contributed by atoms with E-state index in [9.17, 15) is 15.3 Å². The summed E-state index contributed by atoms with van der Waals surface area (Å²) in [6.45, 7) is 0. The predicted octanol–water partition coefficient (Wildman–Crippen LogP) is 5.77. The van der Waals surface area contributed by atoms with Crippen LogP contribution in [0.15, 0.2) is 72.9 Å². The molecule has 0 bridgehead atoms. The van der Waals surface area contributed by atoms with E-state index in [0.717, 1.165) is 11.1 Å². The Bertz CT molecular complexity index is 1440. The molecule has 3 aromatic rings. The van der Waals surface area contributed by atoms with Gasteiger partial charge in [0.1, 0.15) is 6.04 Å². The number of halogens is 1. The fourth-order valence-corrected chi connectivity index (χ4v) is 5.62. The highest BCUT2D eigenvalue weighted by atomic mass is 35.5. The minimum atomic E-state index is -1.54. The average Bonchev–Trinajstić information content (AvgIpc) is 3.23. The molecule has 0 amide bonds. The fraction of sp³-hybridized carbons (Fsp3) is 0.207. The van der Waals surface area contributed by atoms with Crippen molar-refractivity contribution in [2.45, 2.75) is 18.0 Å². The van der Waals surface area contributed by atoms with Crippen molar-refractivity contribution in [2.75, 3.05) is 14.2 Å². The van der Waals surface area contributed by atoms with E-state index in [1.54, 1.807) is 42.5 Å². The summed E-state index contributed by atoms with van der Waals surface area (Å²) in [5.74, 6) is -0.0430. The molecule has 36 heavy (non-hydrogen) atoms. The van der Waals surface area contributed by atoms with Gasteiger partial charge in [-0.15, -0.1) is 0 Å². The number of ketones is 1. The number of Topliss-reactive ketones (excluding diaryl/α,β-unsaturated/α-hetero) is 1. The molecular weight excluding hydrogens is 474 g/mol. The normalized spacial score (nSPS) is 21.0. The summed E-state index contributed by atoms with van der Waals surface area (Å²) in [5, 5.41) is 21.7. The number of methoxy groups -OCH3 is 2. The third-order valence-electron chi connectivity index (χ3n) is 7.11. The maximum atomic E-state index is 14.2. The molecule has 178 valence electrons. The predicted molar refractivity (Wildman–Crippen MR) is 136 cm³/mol. The fourth-order valence-electron chi connectivity index (χ4n) is 5.50. The van der Waals surface area contributed by atoms with Crippen LogP contribution in [0.5, 0.6) is 11.5 Å². The first-order valence-corrected chi connectivity index (χ1v) is 11.8. The topological polar surface area (TPSA) is 86.3 Å². The zero-order valence-corrected chi connectivity index (χ0v) is 20.4. The first kappa shape index (κ1) is 23.5. The number of carbonyl (C=O) groups is 1. The van der Waals surface area contributed by atoms with Crippen LogP contribution in [0.1, 0.15) is 39.0 Å². The monoisotopic (exact) mass is 495 g/mol. The van der Waals surface area contributed by atoms with E-state index in [1.807, 2.05) is 41.4 Å². The lowest BCUT2D eigenvalue weighted by atomic mass is 9.67. The third-order valence-corrected chi connectivity index (χ3v) is 7.36. The van der Waals surface area contributed by atoms with Crippen LogP contribution in [0, 0.1) is 28.1 Å². The van der Waals surface area contributed by atoms with Crippen LogP contribution in [-0.2, 0) is 0 Å². The molecule has 3 atom stereocenters. The Morgan fingerprint density at radius 1 is 0.972 bits per heavy atom. The standard InChI is InChI=1S/C29H22ClN3O3/c1-35-23-12-9-20(15-24(23)36-2)27(34)26-25(19-7-10-21(30)11-8-19)29(16-31,17-32)28-22-6-4-3-5-18(22)13-14-33(26)28/h3-15,25-26,28H,1-2H3/t25-,26-,28-/m0/s1. The molecular formula is C29H22ClN3O3. The van der Waals surface area contributed by atoms with Crippen molar-refractivity contribution in [1.29, 1.82) is 10.5 Å². The Labute approximate surface area is 214 Å². The molecule has 0 unspecified atom stereocenters.